The summed E-state index contributed by atoms with van der Waals surface area (Å²) in [6, 6.07) is 6.33. The number of halogens is 1. The third kappa shape index (κ3) is 2.82. The minimum Gasteiger partial charge on any atom is -0.330 e. The summed E-state index contributed by atoms with van der Waals surface area (Å²) in [6.45, 7) is 0.441. The van der Waals surface area contributed by atoms with Crippen molar-refractivity contribution in [2.75, 3.05) is 12.5 Å². The highest BCUT2D eigenvalue weighted by Crippen LogP contribution is 2.54. The third-order valence-electron chi connectivity index (χ3n) is 6.10. The molecule has 138 valence electrons. The van der Waals surface area contributed by atoms with Crippen molar-refractivity contribution in [2.45, 2.75) is 31.8 Å². The van der Waals surface area contributed by atoms with Crippen LogP contribution in [0.4, 0.5) is 4.39 Å². The van der Waals surface area contributed by atoms with Gasteiger partial charge in [-0.2, -0.15) is 0 Å². The van der Waals surface area contributed by atoms with Crippen LogP contribution in [-0.4, -0.2) is 35.1 Å². The molecule has 3 nitrogen and oxygen atoms in total. The van der Waals surface area contributed by atoms with E-state index >= 15 is 0 Å². The number of thioether (sulfide) groups is 2. The van der Waals surface area contributed by atoms with E-state index in [9.17, 15) is 14.0 Å². The van der Waals surface area contributed by atoms with E-state index in [1.54, 1.807) is 12.1 Å². The van der Waals surface area contributed by atoms with Crippen molar-refractivity contribution in [3.05, 3.63) is 45.5 Å². The molecule has 3 fully saturated rings. The monoisotopic (exact) mass is 391 g/mol. The average molecular weight is 392 g/mol. The van der Waals surface area contributed by atoms with Crippen molar-refractivity contribution >= 4 is 35.2 Å². The molecule has 1 saturated heterocycles. The van der Waals surface area contributed by atoms with Crippen LogP contribution in [0, 0.1) is 23.6 Å². The molecular weight excluding hydrogens is 369 g/mol. The van der Waals surface area contributed by atoms with Crippen LogP contribution in [-0.2, 0) is 16.1 Å². The first kappa shape index (κ1) is 18.1. The number of benzene rings is 1. The van der Waals surface area contributed by atoms with Crippen molar-refractivity contribution in [3.8, 4) is 0 Å². The summed E-state index contributed by atoms with van der Waals surface area (Å²) in [4.78, 5) is 28.5. The average Bonchev–Trinajstić information content (AvgIpc) is 3.25. The zero-order chi connectivity index (χ0) is 18.4. The number of carbonyl (C=O) groups is 2. The molecule has 0 N–H and O–H groups in total. The molecule has 1 aromatic rings. The Labute approximate surface area is 161 Å². The highest BCUT2D eigenvalue weighted by molar-refractivity contribution is 8.21. The number of amides is 1. The van der Waals surface area contributed by atoms with Crippen LogP contribution >= 0.6 is 23.5 Å². The van der Waals surface area contributed by atoms with E-state index in [-0.39, 0.29) is 29.5 Å². The van der Waals surface area contributed by atoms with Crippen molar-refractivity contribution in [1.82, 2.24) is 4.90 Å². The minimum atomic E-state index is -0.278. The lowest BCUT2D eigenvalue weighted by Crippen LogP contribution is -2.56. The predicted molar refractivity (Wildman–Crippen MR) is 104 cm³/mol. The number of Topliss-reactive ketones (excluding diaryl/α,β-unsaturated/α-hetero) is 1. The molecule has 2 aliphatic carbocycles. The predicted octanol–water partition coefficient (Wildman–Crippen LogP) is 4.09. The van der Waals surface area contributed by atoms with E-state index in [1.165, 1.54) is 35.7 Å². The lowest BCUT2D eigenvalue weighted by Gasteiger charge is -2.43. The number of nitrogens with zero attached hydrogens (tertiary/aromatic N) is 1. The fourth-order valence-electron chi connectivity index (χ4n) is 5.07. The maximum atomic E-state index is 13.3. The van der Waals surface area contributed by atoms with Gasteiger partial charge in [-0.1, -0.05) is 12.1 Å². The Morgan fingerprint density at radius 3 is 2.42 bits per heavy atom. The zero-order valence-corrected chi connectivity index (χ0v) is 16.5. The van der Waals surface area contributed by atoms with Gasteiger partial charge in [0, 0.05) is 18.5 Å². The fraction of sp³-hybridized carbons (Fsp3) is 0.500. The van der Waals surface area contributed by atoms with E-state index in [2.05, 4.69) is 0 Å². The van der Waals surface area contributed by atoms with Crippen molar-refractivity contribution in [3.63, 3.8) is 0 Å². The van der Waals surface area contributed by atoms with Gasteiger partial charge in [0.15, 0.2) is 5.78 Å². The number of hydrogen-bond donors (Lipinski definition) is 0. The van der Waals surface area contributed by atoms with Crippen molar-refractivity contribution in [1.29, 1.82) is 0 Å². The summed E-state index contributed by atoms with van der Waals surface area (Å²) < 4.78 is 14.1. The van der Waals surface area contributed by atoms with Crippen LogP contribution in [0.2, 0.25) is 0 Å². The summed E-state index contributed by atoms with van der Waals surface area (Å²) in [5.74, 6) is 0.400. The van der Waals surface area contributed by atoms with Gasteiger partial charge >= 0.3 is 0 Å². The smallest absolute Gasteiger partial charge is 0.259 e. The first-order valence-corrected chi connectivity index (χ1v) is 11.4. The van der Waals surface area contributed by atoms with Gasteiger partial charge in [-0.15, -0.1) is 23.5 Å². The fourth-order valence-corrected chi connectivity index (χ4v) is 6.52. The Morgan fingerprint density at radius 1 is 1.12 bits per heavy atom. The molecule has 2 bridgehead atoms. The van der Waals surface area contributed by atoms with E-state index in [0.717, 1.165) is 29.1 Å². The quantitative estimate of drug-likeness (QED) is 0.572. The first-order valence-electron chi connectivity index (χ1n) is 8.97. The van der Waals surface area contributed by atoms with Gasteiger partial charge in [0.2, 0.25) is 0 Å². The highest BCUT2D eigenvalue weighted by atomic mass is 32.2. The Morgan fingerprint density at radius 2 is 1.77 bits per heavy atom. The molecular formula is C20H22FNO2S2. The summed E-state index contributed by atoms with van der Waals surface area (Å²) in [5.41, 5.74) is 1.28. The van der Waals surface area contributed by atoms with Crippen LogP contribution in [0.1, 0.15) is 24.8 Å². The molecule has 0 aromatic heterocycles. The maximum Gasteiger partial charge on any atom is 0.259 e. The lowest BCUT2D eigenvalue weighted by atomic mass is 9.75. The minimum absolute atomic E-state index is 0.00696. The van der Waals surface area contributed by atoms with Gasteiger partial charge in [0.1, 0.15) is 11.4 Å². The molecule has 26 heavy (non-hydrogen) atoms. The van der Waals surface area contributed by atoms with Crippen LogP contribution < -0.4 is 0 Å². The second kappa shape index (κ2) is 7.04. The van der Waals surface area contributed by atoms with Gasteiger partial charge in [0.05, 0.1) is 4.24 Å². The van der Waals surface area contributed by atoms with E-state index < -0.39 is 0 Å². The molecule has 1 amide bonds. The number of carbonyl (C=O) groups excluding carboxylic acids is 2. The number of fused-ring (bicyclic) bond motifs is 5. The van der Waals surface area contributed by atoms with Gasteiger partial charge in [0.25, 0.3) is 5.91 Å². The van der Waals surface area contributed by atoms with Crippen LogP contribution in [0.5, 0.6) is 0 Å². The number of piperidine rings is 1. The number of rotatable bonds is 4. The Balaban J connectivity index is 1.75. The molecule has 6 heteroatoms. The molecule has 4 rings (SSSR count). The summed E-state index contributed by atoms with van der Waals surface area (Å²) in [7, 11) is 0. The highest BCUT2D eigenvalue weighted by Gasteiger charge is 2.58. The van der Waals surface area contributed by atoms with Gasteiger partial charge < -0.3 is 4.90 Å². The van der Waals surface area contributed by atoms with E-state index in [4.69, 9.17) is 0 Å². The maximum absolute atomic E-state index is 13.3. The second-order valence-corrected chi connectivity index (χ2v) is 9.24. The molecule has 0 radical (unpaired) electrons. The third-order valence-corrected chi connectivity index (χ3v) is 8.25. The topological polar surface area (TPSA) is 37.4 Å². The number of ketones is 1. The standard InChI is InChI=1S/C20H22FNO2S2/c1-25-20(26-2)16-18(23)15-12-5-6-13(9-12)17(15)22(19(16)24)10-11-3-7-14(21)8-4-11/h3-4,7-8,12-13,15,17H,5-6,9-10H2,1-2H3/t12-,13+,15?,17?/m0/s1. The number of likely N-dealkylation sites (tertiary alicyclic amines) is 1. The molecule has 3 aliphatic rings. The Kier molecular flexibility index (Phi) is 4.90. The van der Waals surface area contributed by atoms with Crippen LogP contribution in [0.15, 0.2) is 34.1 Å². The van der Waals surface area contributed by atoms with Crippen molar-refractivity contribution < 1.29 is 14.0 Å². The zero-order valence-electron chi connectivity index (χ0n) is 14.9. The number of hydrogen-bond acceptors (Lipinski definition) is 4. The first-order chi connectivity index (χ1) is 12.5. The summed E-state index contributed by atoms with van der Waals surface area (Å²) in [6.07, 6.45) is 7.07. The van der Waals surface area contributed by atoms with Gasteiger partial charge in [-0.05, 0) is 61.3 Å². The van der Waals surface area contributed by atoms with Gasteiger partial charge in [-0.25, -0.2) is 4.39 Å². The van der Waals surface area contributed by atoms with Crippen molar-refractivity contribution in [2.24, 2.45) is 17.8 Å². The second-order valence-electron chi connectivity index (χ2n) is 7.34. The largest absolute Gasteiger partial charge is 0.330 e. The molecule has 2 unspecified atom stereocenters. The summed E-state index contributed by atoms with van der Waals surface area (Å²) >= 11 is 2.95. The summed E-state index contributed by atoms with van der Waals surface area (Å²) in [5, 5.41) is 0. The Hall–Kier alpha value is -1.27. The molecule has 1 aliphatic heterocycles. The molecule has 0 spiro atoms. The molecule has 1 heterocycles. The van der Waals surface area contributed by atoms with E-state index in [1.807, 2.05) is 17.4 Å². The molecule has 1 aromatic carbocycles. The van der Waals surface area contributed by atoms with E-state index in [0.29, 0.717) is 24.0 Å². The lowest BCUT2D eigenvalue weighted by molar-refractivity contribution is -0.142. The Bertz CT molecular complexity index is 771. The SMILES string of the molecule is CSC(SC)=C1C(=O)C2C([C@@H]3CC[C@H]2C3)N(Cc2ccc(F)cc2)C1=O. The molecule has 4 atom stereocenters. The van der Waals surface area contributed by atoms with Crippen LogP contribution in [0.25, 0.3) is 0 Å². The van der Waals surface area contributed by atoms with Gasteiger partial charge in [-0.3, -0.25) is 9.59 Å². The molecule has 2 saturated carbocycles. The van der Waals surface area contributed by atoms with Crippen LogP contribution in [0.3, 0.4) is 0 Å². The normalized spacial score (nSPS) is 30.1.